The molecule has 2 rings (SSSR count). The third-order valence-electron chi connectivity index (χ3n) is 3.63. The first-order valence-corrected chi connectivity index (χ1v) is 8.46. The molecule has 0 aliphatic carbocycles. The molecule has 1 fully saturated rings. The number of nitrogens with zero attached hydrogens (tertiary/aromatic N) is 2. The fourth-order valence-electron chi connectivity index (χ4n) is 2.50. The van der Waals surface area contributed by atoms with E-state index < -0.39 is 0 Å². The van der Waals surface area contributed by atoms with Crippen LogP contribution in [0.4, 0.5) is 0 Å². The van der Waals surface area contributed by atoms with Gasteiger partial charge in [0.15, 0.2) is 5.11 Å². The first-order valence-electron chi connectivity index (χ1n) is 8.05. The zero-order valence-electron chi connectivity index (χ0n) is 14.4. The highest BCUT2D eigenvalue weighted by atomic mass is 32.1. The lowest BCUT2D eigenvalue weighted by atomic mass is 10.1. The van der Waals surface area contributed by atoms with Gasteiger partial charge in [-0.05, 0) is 52.1 Å². The molecule has 0 bridgehead atoms. The second-order valence-electron chi connectivity index (χ2n) is 5.64. The summed E-state index contributed by atoms with van der Waals surface area (Å²) in [5.74, 6) is -0.0899. The van der Waals surface area contributed by atoms with Crippen LogP contribution in [0.15, 0.2) is 29.8 Å². The number of carbonyl (C=O) groups excluding carboxylic acids is 2. The van der Waals surface area contributed by atoms with E-state index in [1.54, 1.807) is 6.08 Å². The molecule has 2 amide bonds. The maximum atomic E-state index is 12.7. The minimum Gasteiger partial charge on any atom is -0.490 e. The highest BCUT2D eigenvalue weighted by Crippen LogP contribution is 2.25. The molecule has 128 valence electrons. The van der Waals surface area contributed by atoms with Crippen LogP contribution in [0.25, 0.3) is 6.08 Å². The molecule has 0 spiro atoms. The molecule has 1 saturated heterocycles. The van der Waals surface area contributed by atoms with Gasteiger partial charge >= 0.3 is 0 Å². The van der Waals surface area contributed by atoms with Crippen LogP contribution >= 0.6 is 12.2 Å². The quantitative estimate of drug-likeness (QED) is 0.467. The summed E-state index contributed by atoms with van der Waals surface area (Å²) in [6.45, 7) is 8.36. The Balaban J connectivity index is 2.49. The Morgan fingerprint density at radius 2 is 1.62 bits per heavy atom. The first kappa shape index (κ1) is 18.1. The largest absolute Gasteiger partial charge is 0.490 e. The van der Waals surface area contributed by atoms with Crippen molar-refractivity contribution in [3.05, 3.63) is 35.4 Å². The van der Waals surface area contributed by atoms with E-state index >= 15 is 0 Å². The Bertz CT molecular complexity index is 669. The molecule has 24 heavy (non-hydrogen) atoms. The summed E-state index contributed by atoms with van der Waals surface area (Å²) in [6, 6.07) is 7.35. The number of likely N-dealkylation sites (N-methyl/N-ethyl adjacent to an activating group) is 2. The second kappa shape index (κ2) is 7.57. The Hall–Kier alpha value is -2.21. The number of benzene rings is 1. The summed E-state index contributed by atoms with van der Waals surface area (Å²) < 4.78 is 5.76. The SMILES string of the molecule is CCN1C(=O)C(=Cc2ccccc2OC(C)C)C(=O)N(CC)C1=S. The average Bonchev–Trinajstić information content (AvgIpc) is 2.53. The van der Waals surface area contributed by atoms with Gasteiger partial charge in [-0.2, -0.15) is 0 Å². The monoisotopic (exact) mass is 346 g/mol. The van der Waals surface area contributed by atoms with Gasteiger partial charge in [0, 0.05) is 18.7 Å². The van der Waals surface area contributed by atoms with E-state index in [1.165, 1.54) is 9.80 Å². The van der Waals surface area contributed by atoms with Crippen molar-refractivity contribution >= 4 is 35.2 Å². The van der Waals surface area contributed by atoms with Crippen molar-refractivity contribution in [3.63, 3.8) is 0 Å². The number of rotatable bonds is 5. The van der Waals surface area contributed by atoms with Crippen molar-refractivity contribution < 1.29 is 14.3 Å². The molecule has 0 radical (unpaired) electrons. The van der Waals surface area contributed by atoms with Crippen LogP contribution in [0.3, 0.4) is 0 Å². The number of thiocarbonyl (C=S) groups is 1. The Kier molecular flexibility index (Phi) is 5.72. The van der Waals surface area contributed by atoms with Gasteiger partial charge in [-0.1, -0.05) is 18.2 Å². The van der Waals surface area contributed by atoms with E-state index in [-0.39, 0.29) is 28.6 Å². The maximum absolute atomic E-state index is 12.7. The van der Waals surface area contributed by atoms with Crippen molar-refractivity contribution in [2.45, 2.75) is 33.8 Å². The average molecular weight is 346 g/mol. The van der Waals surface area contributed by atoms with E-state index in [0.29, 0.717) is 24.4 Å². The highest BCUT2D eigenvalue weighted by molar-refractivity contribution is 7.80. The van der Waals surface area contributed by atoms with Crippen LogP contribution in [-0.2, 0) is 9.59 Å². The van der Waals surface area contributed by atoms with Gasteiger partial charge in [0.1, 0.15) is 11.3 Å². The lowest BCUT2D eigenvalue weighted by Gasteiger charge is -2.35. The Morgan fingerprint density at radius 3 is 2.12 bits per heavy atom. The van der Waals surface area contributed by atoms with Crippen molar-refractivity contribution in [2.75, 3.05) is 13.1 Å². The predicted octanol–water partition coefficient (Wildman–Crippen LogP) is 2.85. The first-order chi connectivity index (χ1) is 11.4. The van der Waals surface area contributed by atoms with Gasteiger partial charge in [-0.15, -0.1) is 0 Å². The smallest absolute Gasteiger partial charge is 0.265 e. The van der Waals surface area contributed by atoms with Gasteiger partial charge in [0.25, 0.3) is 11.8 Å². The summed E-state index contributed by atoms with van der Waals surface area (Å²) in [5.41, 5.74) is 0.801. The van der Waals surface area contributed by atoms with E-state index in [4.69, 9.17) is 17.0 Å². The van der Waals surface area contributed by atoms with Gasteiger partial charge < -0.3 is 4.74 Å². The zero-order valence-corrected chi connectivity index (χ0v) is 15.2. The second-order valence-corrected chi connectivity index (χ2v) is 6.01. The van der Waals surface area contributed by atoms with Gasteiger partial charge in [-0.25, -0.2) is 0 Å². The lowest BCUT2D eigenvalue weighted by Crippen LogP contribution is -2.55. The van der Waals surface area contributed by atoms with E-state index in [0.717, 1.165) is 0 Å². The summed E-state index contributed by atoms with van der Waals surface area (Å²) in [6.07, 6.45) is 1.59. The van der Waals surface area contributed by atoms with Crippen molar-refractivity contribution in [1.82, 2.24) is 9.80 Å². The fraction of sp³-hybridized carbons (Fsp3) is 0.389. The van der Waals surface area contributed by atoms with Crippen LogP contribution in [0, 0.1) is 0 Å². The number of para-hydroxylation sites is 1. The minimum atomic E-state index is -0.364. The van der Waals surface area contributed by atoms with Gasteiger partial charge in [0.2, 0.25) is 0 Å². The molecule has 1 aromatic carbocycles. The molecule has 1 aliphatic heterocycles. The Morgan fingerprint density at radius 1 is 1.08 bits per heavy atom. The normalized spacial score (nSPS) is 15.4. The highest BCUT2D eigenvalue weighted by Gasteiger charge is 2.37. The molecule has 1 aliphatic rings. The van der Waals surface area contributed by atoms with Crippen molar-refractivity contribution in [1.29, 1.82) is 0 Å². The van der Waals surface area contributed by atoms with E-state index in [9.17, 15) is 9.59 Å². The van der Waals surface area contributed by atoms with Crippen LogP contribution in [-0.4, -0.2) is 45.9 Å². The molecule has 5 nitrogen and oxygen atoms in total. The van der Waals surface area contributed by atoms with Gasteiger partial charge in [0.05, 0.1) is 6.10 Å². The topological polar surface area (TPSA) is 49.9 Å². The standard InChI is InChI=1S/C18H22N2O3S/c1-5-19-16(21)14(17(22)20(6-2)18(19)24)11-13-9-7-8-10-15(13)23-12(3)4/h7-12H,5-6H2,1-4H3. The number of carbonyl (C=O) groups is 2. The molecule has 0 atom stereocenters. The van der Waals surface area contributed by atoms with Crippen LogP contribution in [0.5, 0.6) is 5.75 Å². The van der Waals surface area contributed by atoms with Gasteiger partial charge in [-0.3, -0.25) is 19.4 Å². The Labute approximate surface area is 147 Å². The minimum absolute atomic E-state index is 0.00540. The fourth-order valence-corrected chi connectivity index (χ4v) is 2.92. The lowest BCUT2D eigenvalue weighted by molar-refractivity contribution is -0.133. The molecule has 0 N–H and O–H groups in total. The molecule has 1 heterocycles. The summed E-state index contributed by atoms with van der Waals surface area (Å²) in [7, 11) is 0. The summed E-state index contributed by atoms with van der Waals surface area (Å²) >= 11 is 5.26. The number of amides is 2. The summed E-state index contributed by atoms with van der Waals surface area (Å²) in [5, 5.41) is 0.263. The third kappa shape index (κ3) is 3.48. The number of hydrogen-bond acceptors (Lipinski definition) is 4. The van der Waals surface area contributed by atoms with E-state index in [2.05, 4.69) is 0 Å². The zero-order chi connectivity index (χ0) is 17.9. The predicted molar refractivity (Wildman–Crippen MR) is 97.6 cm³/mol. The number of ether oxygens (including phenoxy) is 1. The molecule has 0 aromatic heterocycles. The van der Waals surface area contributed by atoms with Crippen molar-refractivity contribution in [2.24, 2.45) is 0 Å². The van der Waals surface area contributed by atoms with Crippen molar-refractivity contribution in [3.8, 4) is 5.75 Å². The molecule has 0 unspecified atom stereocenters. The molecule has 0 saturated carbocycles. The molecular formula is C18H22N2O3S. The van der Waals surface area contributed by atoms with E-state index in [1.807, 2.05) is 52.0 Å². The number of hydrogen-bond donors (Lipinski definition) is 0. The molecule has 6 heteroatoms. The molecular weight excluding hydrogens is 324 g/mol. The third-order valence-corrected chi connectivity index (χ3v) is 4.07. The maximum Gasteiger partial charge on any atom is 0.265 e. The summed E-state index contributed by atoms with van der Waals surface area (Å²) in [4.78, 5) is 28.2. The van der Waals surface area contributed by atoms with Crippen LogP contribution in [0.2, 0.25) is 0 Å². The molecule has 1 aromatic rings. The van der Waals surface area contributed by atoms with Crippen LogP contribution in [0.1, 0.15) is 33.3 Å². The van der Waals surface area contributed by atoms with Crippen LogP contribution < -0.4 is 4.74 Å².